The van der Waals surface area contributed by atoms with Crippen LogP contribution in [0, 0.1) is 22.7 Å². The van der Waals surface area contributed by atoms with Gasteiger partial charge >= 0.3 is 0 Å². The van der Waals surface area contributed by atoms with Crippen LogP contribution in [-0.2, 0) is 0 Å². The van der Waals surface area contributed by atoms with Crippen molar-refractivity contribution in [2.75, 3.05) is 0 Å². The number of carbonyl (C=O) groups is 1. The molecular formula is C29H12N4O. The summed E-state index contributed by atoms with van der Waals surface area (Å²) in [5, 5.41) is 32.2. The molecular weight excluding hydrogens is 420 g/mol. The number of hydrogen-bond acceptors (Lipinski definition) is 5. The minimum Gasteiger partial charge on any atom is -0.288 e. The smallest absolute Gasteiger partial charge is 0.197 e. The zero-order chi connectivity index (χ0) is 23.0. The first kappa shape index (κ1) is 18.4. The first-order valence-electron chi connectivity index (χ1n) is 10.8. The quantitative estimate of drug-likeness (QED) is 0.282. The summed E-state index contributed by atoms with van der Waals surface area (Å²) >= 11 is 0. The maximum atomic E-state index is 13.9. The van der Waals surface area contributed by atoms with Gasteiger partial charge in [-0.2, -0.15) is 10.5 Å². The van der Waals surface area contributed by atoms with Crippen molar-refractivity contribution in [1.29, 1.82) is 10.5 Å². The van der Waals surface area contributed by atoms with Crippen LogP contribution in [0.1, 0.15) is 27.2 Å². The number of rotatable bonds is 0. The van der Waals surface area contributed by atoms with E-state index < -0.39 is 0 Å². The van der Waals surface area contributed by atoms with E-state index in [-0.39, 0.29) is 11.4 Å². The highest BCUT2D eigenvalue weighted by molar-refractivity contribution is 6.31. The minimum atomic E-state index is -0.108. The van der Waals surface area contributed by atoms with Crippen molar-refractivity contribution < 1.29 is 4.79 Å². The van der Waals surface area contributed by atoms with Crippen LogP contribution in [0.3, 0.4) is 0 Å². The molecule has 0 atom stereocenters. The van der Waals surface area contributed by atoms with Crippen molar-refractivity contribution in [3.8, 4) is 34.5 Å². The van der Waals surface area contributed by atoms with Crippen molar-refractivity contribution >= 4 is 32.9 Å². The lowest BCUT2D eigenvalue weighted by molar-refractivity contribution is 0.104. The van der Waals surface area contributed by atoms with E-state index in [9.17, 15) is 15.3 Å². The summed E-state index contributed by atoms with van der Waals surface area (Å²) in [6.07, 6.45) is 0. The Morgan fingerprint density at radius 2 is 1.21 bits per heavy atom. The van der Waals surface area contributed by atoms with Gasteiger partial charge < -0.3 is 0 Å². The van der Waals surface area contributed by atoms with Crippen LogP contribution in [0.2, 0.25) is 0 Å². The number of carbonyl (C=O) groups excluding carboxylic acids is 1. The molecule has 34 heavy (non-hydrogen) atoms. The van der Waals surface area contributed by atoms with Crippen LogP contribution in [0.5, 0.6) is 0 Å². The van der Waals surface area contributed by atoms with Gasteiger partial charge in [0.05, 0.1) is 5.56 Å². The average Bonchev–Trinajstić information content (AvgIpc) is 3.38. The van der Waals surface area contributed by atoms with Crippen LogP contribution in [0.25, 0.3) is 49.5 Å². The van der Waals surface area contributed by atoms with E-state index in [0.29, 0.717) is 33.7 Å². The summed E-state index contributed by atoms with van der Waals surface area (Å²) in [6.45, 7) is 0. The van der Waals surface area contributed by atoms with Gasteiger partial charge in [0.25, 0.3) is 0 Å². The Labute approximate surface area is 193 Å². The van der Waals surface area contributed by atoms with Crippen molar-refractivity contribution in [3.05, 3.63) is 101 Å². The Balaban J connectivity index is 1.64. The van der Waals surface area contributed by atoms with Gasteiger partial charge in [-0.1, -0.05) is 72.8 Å². The number of benzene rings is 4. The molecule has 0 amide bonds. The molecule has 0 saturated heterocycles. The zero-order valence-electron chi connectivity index (χ0n) is 17.6. The fraction of sp³-hybridized carbons (Fsp3) is 0. The highest BCUT2D eigenvalue weighted by Crippen LogP contribution is 2.52. The highest BCUT2D eigenvalue weighted by atomic mass is 16.1. The maximum Gasteiger partial charge on any atom is 0.197 e. The van der Waals surface area contributed by atoms with E-state index in [1.54, 1.807) is 0 Å². The third-order valence-corrected chi connectivity index (χ3v) is 6.77. The molecule has 0 spiro atoms. The second-order valence-electron chi connectivity index (χ2n) is 8.37. The number of nitrogens with zero attached hydrogens (tertiary/aromatic N) is 4. The molecule has 7 rings (SSSR count). The SMILES string of the molecule is N#CC(C#N)=C1c2nnc3c(c2-c2ccc4ccccc4c21)C(=O)c1c-3ccc2ccccc12. The molecule has 1 heterocycles. The van der Waals surface area contributed by atoms with Crippen molar-refractivity contribution in [1.82, 2.24) is 10.2 Å². The summed E-state index contributed by atoms with van der Waals surface area (Å²) in [5.74, 6) is -0.108. The van der Waals surface area contributed by atoms with E-state index >= 15 is 0 Å². The van der Waals surface area contributed by atoms with Crippen LogP contribution in [0.15, 0.2) is 78.4 Å². The van der Waals surface area contributed by atoms with Gasteiger partial charge in [-0.05, 0) is 27.1 Å². The second kappa shape index (κ2) is 6.45. The standard InChI is InChI=1S/C29H12N4O/c30-13-17(14-31)22-23-18-7-3-1-5-15(18)9-11-20(23)25-26-27(32-33-28(22)25)21-12-10-16-6-2-4-8-19(16)24(21)29(26)34/h1-12H. The fourth-order valence-corrected chi connectivity index (χ4v) is 5.37. The first-order chi connectivity index (χ1) is 16.7. The van der Waals surface area contributed by atoms with Gasteiger partial charge in [-0.25, -0.2) is 0 Å². The topological polar surface area (TPSA) is 90.4 Å². The van der Waals surface area contributed by atoms with Crippen molar-refractivity contribution in [3.63, 3.8) is 0 Å². The van der Waals surface area contributed by atoms with Crippen LogP contribution < -0.4 is 0 Å². The molecule has 0 N–H and O–H groups in total. The number of hydrogen-bond donors (Lipinski definition) is 0. The maximum absolute atomic E-state index is 13.9. The number of ketones is 1. The lowest BCUT2D eigenvalue weighted by Gasteiger charge is -2.07. The zero-order valence-corrected chi connectivity index (χ0v) is 17.6. The number of fused-ring (bicyclic) bond motifs is 11. The lowest BCUT2D eigenvalue weighted by atomic mass is 9.94. The van der Waals surface area contributed by atoms with Crippen LogP contribution >= 0.6 is 0 Å². The predicted octanol–water partition coefficient (Wildman–Crippen LogP) is 5.82. The van der Waals surface area contributed by atoms with E-state index in [0.717, 1.165) is 38.2 Å². The Kier molecular flexibility index (Phi) is 3.50. The molecule has 0 radical (unpaired) electrons. The van der Waals surface area contributed by atoms with Gasteiger partial charge in [-0.15, -0.1) is 10.2 Å². The molecule has 0 unspecified atom stereocenters. The third kappa shape index (κ3) is 2.13. The molecule has 2 aliphatic rings. The fourth-order valence-electron chi connectivity index (χ4n) is 5.37. The van der Waals surface area contributed by atoms with Gasteiger partial charge in [0.2, 0.25) is 0 Å². The van der Waals surface area contributed by atoms with E-state index in [2.05, 4.69) is 10.2 Å². The summed E-state index contributed by atoms with van der Waals surface area (Å²) in [6, 6.07) is 27.5. The summed E-state index contributed by atoms with van der Waals surface area (Å²) in [5.41, 5.74) is 5.41. The minimum absolute atomic E-state index is 0.0426. The van der Waals surface area contributed by atoms with Crippen LogP contribution in [-0.4, -0.2) is 16.0 Å². The molecule has 5 aromatic rings. The average molecular weight is 432 g/mol. The van der Waals surface area contributed by atoms with E-state index in [1.165, 1.54) is 0 Å². The molecule has 5 heteroatoms. The predicted molar refractivity (Wildman–Crippen MR) is 129 cm³/mol. The first-order valence-corrected chi connectivity index (χ1v) is 10.8. The highest BCUT2D eigenvalue weighted by Gasteiger charge is 2.40. The Hall–Kier alpha value is -5.13. The Bertz CT molecular complexity index is 1880. The summed E-state index contributed by atoms with van der Waals surface area (Å²) in [7, 11) is 0. The number of allylic oxidation sites excluding steroid dienone is 1. The second-order valence-corrected chi connectivity index (χ2v) is 8.37. The molecule has 4 aromatic carbocycles. The van der Waals surface area contributed by atoms with E-state index in [1.807, 2.05) is 84.9 Å². The molecule has 2 aliphatic carbocycles. The van der Waals surface area contributed by atoms with Crippen LogP contribution in [0.4, 0.5) is 0 Å². The van der Waals surface area contributed by atoms with Gasteiger partial charge in [-0.3, -0.25) is 4.79 Å². The van der Waals surface area contributed by atoms with Gasteiger partial charge in [0.15, 0.2) is 5.78 Å². The Morgan fingerprint density at radius 1 is 0.618 bits per heavy atom. The van der Waals surface area contributed by atoms with Crippen molar-refractivity contribution in [2.24, 2.45) is 0 Å². The Morgan fingerprint density at radius 3 is 1.88 bits per heavy atom. The van der Waals surface area contributed by atoms with Gasteiger partial charge in [0.1, 0.15) is 29.1 Å². The molecule has 0 aliphatic heterocycles. The molecule has 0 saturated carbocycles. The van der Waals surface area contributed by atoms with Gasteiger partial charge in [0, 0.05) is 27.8 Å². The monoisotopic (exact) mass is 432 g/mol. The molecule has 0 fully saturated rings. The molecule has 0 bridgehead atoms. The largest absolute Gasteiger partial charge is 0.288 e. The normalized spacial score (nSPS) is 12.6. The third-order valence-electron chi connectivity index (χ3n) is 6.77. The summed E-state index contributed by atoms with van der Waals surface area (Å²) < 4.78 is 0. The number of aromatic nitrogens is 2. The van der Waals surface area contributed by atoms with E-state index in [4.69, 9.17) is 0 Å². The van der Waals surface area contributed by atoms with Crippen molar-refractivity contribution in [2.45, 2.75) is 0 Å². The molecule has 1 aromatic heterocycles. The number of nitriles is 2. The summed E-state index contributed by atoms with van der Waals surface area (Å²) in [4.78, 5) is 13.9. The molecule has 5 nitrogen and oxygen atoms in total. The lowest BCUT2D eigenvalue weighted by Crippen LogP contribution is -2.02. The molecule has 154 valence electrons.